The van der Waals surface area contributed by atoms with Gasteiger partial charge in [0.25, 0.3) is 0 Å². The van der Waals surface area contributed by atoms with Gasteiger partial charge in [-0.3, -0.25) is 4.79 Å². The lowest BCUT2D eigenvalue weighted by Gasteiger charge is -2.59. The van der Waals surface area contributed by atoms with Gasteiger partial charge in [0.05, 0.1) is 4.75 Å². The number of ketones is 1. The van der Waals surface area contributed by atoms with Crippen molar-refractivity contribution in [1.29, 1.82) is 0 Å². The van der Waals surface area contributed by atoms with Gasteiger partial charge >= 0.3 is 0 Å². The zero-order valence-corrected chi connectivity index (χ0v) is 8.18. The highest BCUT2D eigenvalue weighted by atomic mass is 32.2. The summed E-state index contributed by atoms with van der Waals surface area (Å²) in [5.74, 6) is -0.0529. The lowest BCUT2D eigenvalue weighted by atomic mass is 9.65. The van der Waals surface area contributed by atoms with Gasteiger partial charge in [-0.15, -0.1) is 0 Å². The lowest BCUT2D eigenvalue weighted by molar-refractivity contribution is -0.135. The number of fused-ring (bicyclic) bond motifs is 1. The van der Waals surface area contributed by atoms with Crippen molar-refractivity contribution in [3.63, 3.8) is 0 Å². The van der Waals surface area contributed by atoms with Crippen LogP contribution >= 0.6 is 0 Å². The van der Waals surface area contributed by atoms with Crippen LogP contribution in [0.4, 0.5) is 0 Å². The predicted octanol–water partition coefficient (Wildman–Crippen LogP) is 0.397. The summed E-state index contributed by atoms with van der Waals surface area (Å²) in [7, 11) is -3.13. The molecule has 1 aliphatic carbocycles. The van der Waals surface area contributed by atoms with E-state index in [0.29, 0.717) is 0 Å². The van der Waals surface area contributed by atoms with Gasteiger partial charge in [-0.2, -0.15) is 0 Å². The minimum atomic E-state index is -3.13. The number of hydrogen-bond acceptors (Lipinski definition) is 3. The van der Waals surface area contributed by atoms with Gasteiger partial charge in [0.2, 0.25) is 0 Å². The molecule has 68 valence electrons. The Kier molecular flexibility index (Phi) is 1.21. The zero-order chi connectivity index (χ0) is 9.31. The molecule has 1 heterocycles. The number of sulfone groups is 1. The summed E-state index contributed by atoms with van der Waals surface area (Å²) in [5.41, 5.74) is 0. The maximum atomic E-state index is 11.5. The molecule has 0 radical (unpaired) electrons. The minimum Gasteiger partial charge on any atom is -0.298 e. The highest BCUT2D eigenvalue weighted by Gasteiger charge is 2.73. The molecule has 1 aliphatic heterocycles. The molecular formula is C8H12O3S. The van der Waals surface area contributed by atoms with Gasteiger partial charge in [-0.1, -0.05) is 6.92 Å². The van der Waals surface area contributed by atoms with Gasteiger partial charge in [0.15, 0.2) is 15.6 Å². The van der Waals surface area contributed by atoms with Crippen LogP contribution in [-0.4, -0.2) is 24.2 Å². The Morgan fingerprint density at radius 3 is 2.25 bits per heavy atom. The quantitative estimate of drug-likeness (QED) is 0.553. The number of hydrogen-bond donors (Lipinski definition) is 0. The Balaban J connectivity index is 2.45. The molecule has 0 bridgehead atoms. The van der Waals surface area contributed by atoms with Crippen molar-refractivity contribution in [2.45, 2.75) is 30.8 Å². The van der Waals surface area contributed by atoms with Crippen LogP contribution in [0.1, 0.15) is 20.8 Å². The summed E-state index contributed by atoms with van der Waals surface area (Å²) in [6.07, 6.45) is 0. The van der Waals surface area contributed by atoms with E-state index in [4.69, 9.17) is 0 Å². The lowest BCUT2D eigenvalue weighted by Crippen LogP contribution is -2.76. The van der Waals surface area contributed by atoms with E-state index in [1.165, 1.54) is 0 Å². The highest BCUT2D eigenvalue weighted by Crippen LogP contribution is 2.57. The van der Waals surface area contributed by atoms with E-state index in [-0.39, 0.29) is 17.6 Å². The smallest absolute Gasteiger partial charge is 0.166 e. The van der Waals surface area contributed by atoms with E-state index in [1.807, 2.05) is 6.92 Å². The molecule has 1 saturated carbocycles. The van der Waals surface area contributed by atoms with Crippen molar-refractivity contribution < 1.29 is 13.2 Å². The molecule has 0 amide bonds. The predicted molar refractivity (Wildman–Crippen MR) is 44.4 cm³/mol. The summed E-state index contributed by atoms with van der Waals surface area (Å²) < 4.78 is 22.3. The van der Waals surface area contributed by atoms with Gasteiger partial charge in [0.1, 0.15) is 5.25 Å². The van der Waals surface area contributed by atoms with Crippen LogP contribution in [-0.2, 0) is 14.6 Å². The van der Waals surface area contributed by atoms with Crippen molar-refractivity contribution in [3.8, 4) is 0 Å². The summed E-state index contributed by atoms with van der Waals surface area (Å²) in [4.78, 5) is 11.1. The molecule has 4 heteroatoms. The molecule has 2 fully saturated rings. The van der Waals surface area contributed by atoms with Crippen molar-refractivity contribution in [2.75, 3.05) is 0 Å². The minimum absolute atomic E-state index is 0.0477. The third kappa shape index (κ3) is 0.533. The van der Waals surface area contributed by atoms with Gasteiger partial charge < -0.3 is 0 Å². The molecule has 0 N–H and O–H groups in total. The second-order valence-electron chi connectivity index (χ2n) is 4.29. The monoisotopic (exact) mass is 188 g/mol. The number of carbonyl (C=O) groups excluding carboxylic acids is 1. The second kappa shape index (κ2) is 1.76. The molecular weight excluding hydrogens is 176 g/mol. The SMILES string of the molecule is C[C@@H]1C(=O)[C@@H]2[C@@H]1C(C)(C)S2(=O)=O. The van der Waals surface area contributed by atoms with E-state index in [0.717, 1.165) is 0 Å². The number of carbonyl (C=O) groups is 1. The molecule has 12 heavy (non-hydrogen) atoms. The molecule has 3 atom stereocenters. The molecule has 0 aromatic rings. The van der Waals surface area contributed by atoms with Crippen LogP contribution in [0.3, 0.4) is 0 Å². The summed E-state index contributed by atoms with van der Waals surface area (Å²) in [6.45, 7) is 5.25. The third-order valence-electron chi connectivity index (χ3n) is 3.46. The molecule has 0 unspecified atom stereocenters. The van der Waals surface area contributed by atoms with Gasteiger partial charge in [-0.25, -0.2) is 8.42 Å². The van der Waals surface area contributed by atoms with Crippen molar-refractivity contribution >= 4 is 15.6 Å². The maximum absolute atomic E-state index is 11.5. The van der Waals surface area contributed by atoms with E-state index in [1.54, 1.807) is 13.8 Å². The Bertz CT molecular complexity index is 352. The molecule has 2 rings (SSSR count). The summed E-state index contributed by atoms with van der Waals surface area (Å²) in [6, 6.07) is 0. The molecule has 2 aliphatic rings. The fraction of sp³-hybridized carbons (Fsp3) is 0.875. The first-order valence-corrected chi connectivity index (χ1v) is 5.63. The zero-order valence-electron chi connectivity index (χ0n) is 7.37. The average molecular weight is 188 g/mol. The highest BCUT2D eigenvalue weighted by molar-refractivity contribution is 7.95. The third-order valence-corrected chi connectivity index (χ3v) is 6.40. The Morgan fingerprint density at radius 2 is 1.83 bits per heavy atom. The van der Waals surface area contributed by atoms with Gasteiger partial charge in [-0.05, 0) is 13.8 Å². The maximum Gasteiger partial charge on any atom is 0.166 e. The fourth-order valence-corrected chi connectivity index (χ4v) is 5.15. The van der Waals surface area contributed by atoms with Crippen molar-refractivity contribution in [1.82, 2.24) is 0 Å². The first kappa shape index (κ1) is 8.23. The second-order valence-corrected chi connectivity index (χ2v) is 6.94. The summed E-state index contributed by atoms with van der Waals surface area (Å²) >= 11 is 0. The van der Waals surface area contributed by atoms with Crippen LogP contribution in [0, 0.1) is 11.8 Å². The summed E-state index contributed by atoms with van der Waals surface area (Å²) in [5, 5.41) is -0.650. The Morgan fingerprint density at radius 1 is 1.33 bits per heavy atom. The largest absolute Gasteiger partial charge is 0.298 e. The van der Waals surface area contributed by atoms with Crippen molar-refractivity contribution in [2.24, 2.45) is 11.8 Å². The van der Waals surface area contributed by atoms with E-state index in [9.17, 15) is 13.2 Å². The molecule has 0 aromatic heterocycles. The Labute approximate surface area is 72.1 Å². The number of rotatable bonds is 0. The number of Topliss-reactive ketones (excluding diaryl/α,β-unsaturated/α-hetero) is 1. The van der Waals surface area contributed by atoms with Crippen LogP contribution in [0.15, 0.2) is 0 Å². The first-order valence-electron chi connectivity index (χ1n) is 4.09. The Hall–Kier alpha value is -0.380. The van der Waals surface area contributed by atoms with E-state index >= 15 is 0 Å². The molecule has 3 nitrogen and oxygen atoms in total. The topological polar surface area (TPSA) is 51.2 Å². The standard InChI is InChI=1S/C8H12O3S/c1-4-5-7(6(4)9)12(10,11)8(5,2)3/h4-5,7H,1-3H3/t4-,5+,7-/m0/s1. The van der Waals surface area contributed by atoms with E-state index < -0.39 is 19.8 Å². The first-order chi connectivity index (χ1) is 5.32. The van der Waals surface area contributed by atoms with Crippen LogP contribution in [0.5, 0.6) is 0 Å². The van der Waals surface area contributed by atoms with Crippen LogP contribution in [0.25, 0.3) is 0 Å². The molecule has 0 aromatic carbocycles. The molecule has 1 saturated heterocycles. The van der Waals surface area contributed by atoms with Crippen LogP contribution in [0.2, 0.25) is 0 Å². The van der Waals surface area contributed by atoms with Gasteiger partial charge in [0, 0.05) is 11.8 Å². The van der Waals surface area contributed by atoms with Crippen molar-refractivity contribution in [3.05, 3.63) is 0 Å². The van der Waals surface area contributed by atoms with Crippen LogP contribution < -0.4 is 0 Å². The fourth-order valence-electron chi connectivity index (χ4n) is 2.51. The normalized spacial score (nSPS) is 47.2. The molecule has 0 spiro atoms. The average Bonchev–Trinajstić information content (AvgIpc) is 1.96. The van der Waals surface area contributed by atoms with E-state index in [2.05, 4.69) is 0 Å².